The SMILES string of the molecule is COc1cc(C=C2C(=O)N(c3ccccc3)C(=S)N(c3ccccc3)C2=O)ccc1OC(C)C. The fourth-order valence-corrected chi connectivity index (χ4v) is 4.01. The molecule has 0 N–H and O–H groups in total. The largest absolute Gasteiger partial charge is 0.493 e. The maximum Gasteiger partial charge on any atom is 0.270 e. The van der Waals surface area contributed by atoms with E-state index in [0.29, 0.717) is 28.4 Å². The minimum Gasteiger partial charge on any atom is -0.493 e. The zero-order valence-corrected chi connectivity index (χ0v) is 19.9. The maximum absolute atomic E-state index is 13.6. The van der Waals surface area contributed by atoms with E-state index in [0.717, 1.165) is 0 Å². The third-order valence-corrected chi connectivity index (χ3v) is 5.50. The summed E-state index contributed by atoms with van der Waals surface area (Å²) in [4.78, 5) is 29.9. The highest BCUT2D eigenvalue weighted by Crippen LogP contribution is 2.32. The smallest absolute Gasteiger partial charge is 0.270 e. The van der Waals surface area contributed by atoms with Crippen molar-refractivity contribution in [1.29, 1.82) is 0 Å². The molecule has 0 aromatic heterocycles. The van der Waals surface area contributed by atoms with Crippen LogP contribution in [-0.4, -0.2) is 30.1 Å². The van der Waals surface area contributed by atoms with Crippen molar-refractivity contribution in [2.75, 3.05) is 16.9 Å². The summed E-state index contributed by atoms with van der Waals surface area (Å²) in [5.41, 5.74) is 1.77. The second kappa shape index (κ2) is 9.89. The second-order valence-electron chi connectivity index (χ2n) is 7.87. The minimum absolute atomic E-state index is 0.0131. The molecule has 172 valence electrons. The lowest BCUT2D eigenvalue weighted by Gasteiger charge is -2.36. The van der Waals surface area contributed by atoms with Gasteiger partial charge in [-0.25, -0.2) is 0 Å². The van der Waals surface area contributed by atoms with Crippen molar-refractivity contribution in [3.05, 3.63) is 90.0 Å². The van der Waals surface area contributed by atoms with Crippen molar-refractivity contribution in [3.8, 4) is 11.5 Å². The molecule has 0 unspecified atom stereocenters. The van der Waals surface area contributed by atoms with Gasteiger partial charge >= 0.3 is 0 Å². The van der Waals surface area contributed by atoms with Gasteiger partial charge in [0, 0.05) is 0 Å². The first kappa shape index (κ1) is 23.2. The minimum atomic E-state index is -0.491. The zero-order chi connectivity index (χ0) is 24.2. The highest BCUT2D eigenvalue weighted by atomic mass is 32.1. The predicted octanol–water partition coefficient (Wildman–Crippen LogP) is 5.23. The molecule has 0 aliphatic carbocycles. The Morgan fingerprint density at radius 1 is 0.794 bits per heavy atom. The molecule has 1 aliphatic rings. The average molecular weight is 473 g/mol. The van der Waals surface area contributed by atoms with E-state index in [9.17, 15) is 9.59 Å². The van der Waals surface area contributed by atoms with E-state index in [1.54, 1.807) is 55.7 Å². The van der Waals surface area contributed by atoms with Crippen molar-refractivity contribution in [2.24, 2.45) is 0 Å². The van der Waals surface area contributed by atoms with Gasteiger partial charge in [-0.2, -0.15) is 0 Å². The summed E-state index contributed by atoms with van der Waals surface area (Å²) >= 11 is 5.63. The van der Waals surface area contributed by atoms with E-state index in [-0.39, 0.29) is 16.8 Å². The number of para-hydroxylation sites is 2. The lowest BCUT2D eigenvalue weighted by Crippen LogP contribution is -2.56. The molecule has 4 rings (SSSR count). The molecule has 2 amide bonds. The van der Waals surface area contributed by atoms with Gasteiger partial charge in [0.2, 0.25) is 0 Å². The van der Waals surface area contributed by atoms with Crippen molar-refractivity contribution in [2.45, 2.75) is 20.0 Å². The van der Waals surface area contributed by atoms with Crippen LogP contribution >= 0.6 is 12.2 Å². The summed E-state index contributed by atoms with van der Waals surface area (Å²) in [5.74, 6) is 0.109. The molecule has 0 spiro atoms. The number of benzene rings is 3. The molecule has 1 aliphatic heterocycles. The van der Waals surface area contributed by atoms with E-state index >= 15 is 0 Å². The molecule has 0 radical (unpaired) electrons. The summed E-state index contributed by atoms with van der Waals surface area (Å²) in [6, 6.07) is 23.4. The third kappa shape index (κ3) is 4.56. The van der Waals surface area contributed by atoms with E-state index in [1.165, 1.54) is 9.80 Å². The number of rotatable bonds is 6. The van der Waals surface area contributed by atoms with Crippen LogP contribution in [0.25, 0.3) is 6.08 Å². The normalized spacial score (nSPS) is 14.0. The standard InChI is InChI=1S/C27H24N2O4S/c1-18(2)33-23-15-14-19(17-24(23)32-3)16-22-25(30)28(20-10-6-4-7-11-20)27(34)29(26(22)31)21-12-8-5-9-13-21/h4-18H,1-3H3. The van der Waals surface area contributed by atoms with Crippen LogP contribution in [0.2, 0.25) is 0 Å². The van der Waals surface area contributed by atoms with Crippen molar-refractivity contribution in [3.63, 3.8) is 0 Å². The molecule has 3 aromatic carbocycles. The Labute approximate surface area is 204 Å². The first-order valence-electron chi connectivity index (χ1n) is 10.8. The quantitative estimate of drug-likeness (QED) is 0.279. The number of hydrogen-bond donors (Lipinski definition) is 0. The van der Waals surface area contributed by atoms with Crippen LogP contribution in [0, 0.1) is 0 Å². The Kier molecular flexibility index (Phi) is 6.75. The molecule has 0 saturated carbocycles. The van der Waals surface area contributed by atoms with Crippen molar-refractivity contribution in [1.82, 2.24) is 0 Å². The van der Waals surface area contributed by atoms with Crippen LogP contribution in [0.1, 0.15) is 19.4 Å². The van der Waals surface area contributed by atoms with Crippen molar-refractivity contribution >= 4 is 46.6 Å². The van der Waals surface area contributed by atoms with E-state index in [2.05, 4.69) is 0 Å². The average Bonchev–Trinajstić information content (AvgIpc) is 2.83. The molecule has 1 saturated heterocycles. The summed E-state index contributed by atoms with van der Waals surface area (Å²) in [6.45, 7) is 3.85. The summed E-state index contributed by atoms with van der Waals surface area (Å²) in [6.07, 6.45) is 1.53. The number of carbonyl (C=O) groups excluding carboxylic acids is 2. The van der Waals surface area contributed by atoms with Crippen LogP contribution < -0.4 is 19.3 Å². The zero-order valence-electron chi connectivity index (χ0n) is 19.1. The number of amides is 2. The van der Waals surface area contributed by atoms with Gasteiger partial charge in [0.05, 0.1) is 24.6 Å². The second-order valence-corrected chi connectivity index (χ2v) is 8.23. The number of nitrogens with zero attached hydrogens (tertiary/aromatic N) is 2. The Hall–Kier alpha value is -3.97. The lowest BCUT2D eigenvalue weighted by atomic mass is 10.0. The van der Waals surface area contributed by atoms with Crippen LogP contribution in [0.3, 0.4) is 0 Å². The molecule has 7 heteroatoms. The van der Waals surface area contributed by atoms with Gasteiger partial charge in [-0.1, -0.05) is 42.5 Å². The highest BCUT2D eigenvalue weighted by Gasteiger charge is 2.41. The van der Waals surface area contributed by atoms with Gasteiger partial charge in [-0.15, -0.1) is 0 Å². The van der Waals surface area contributed by atoms with Gasteiger partial charge in [-0.05, 0) is 74.1 Å². The number of methoxy groups -OCH3 is 1. The van der Waals surface area contributed by atoms with Crippen molar-refractivity contribution < 1.29 is 19.1 Å². The number of anilines is 2. The number of ether oxygens (including phenoxy) is 2. The number of thiocarbonyl (C=S) groups is 1. The predicted molar refractivity (Wildman–Crippen MR) is 137 cm³/mol. The van der Waals surface area contributed by atoms with Crippen LogP contribution in [0.5, 0.6) is 11.5 Å². The Bertz CT molecular complexity index is 1190. The Morgan fingerprint density at radius 2 is 1.32 bits per heavy atom. The van der Waals surface area contributed by atoms with Crippen LogP contribution in [-0.2, 0) is 9.59 Å². The maximum atomic E-state index is 13.6. The summed E-state index contributed by atoms with van der Waals surface area (Å²) in [5, 5.41) is 0.0998. The third-order valence-electron chi connectivity index (χ3n) is 5.14. The lowest BCUT2D eigenvalue weighted by molar-refractivity contribution is -0.120. The van der Waals surface area contributed by atoms with Gasteiger partial charge in [0.15, 0.2) is 16.6 Å². The van der Waals surface area contributed by atoms with Crippen LogP contribution in [0.15, 0.2) is 84.4 Å². The molecule has 1 heterocycles. The molecule has 3 aromatic rings. The Balaban J connectivity index is 1.82. The molecular weight excluding hydrogens is 448 g/mol. The molecule has 0 atom stereocenters. The van der Waals surface area contributed by atoms with E-state index in [1.807, 2.05) is 50.2 Å². The molecule has 1 fully saturated rings. The molecule has 34 heavy (non-hydrogen) atoms. The van der Waals surface area contributed by atoms with Gasteiger partial charge in [-0.3, -0.25) is 19.4 Å². The molecule has 0 bridgehead atoms. The van der Waals surface area contributed by atoms with Gasteiger partial charge in [0.1, 0.15) is 5.57 Å². The first-order valence-corrected chi connectivity index (χ1v) is 11.2. The van der Waals surface area contributed by atoms with E-state index < -0.39 is 11.8 Å². The molecular formula is C27H24N2O4S. The number of hydrogen-bond acceptors (Lipinski definition) is 5. The monoisotopic (exact) mass is 472 g/mol. The van der Waals surface area contributed by atoms with E-state index in [4.69, 9.17) is 21.7 Å². The summed E-state index contributed by atoms with van der Waals surface area (Å²) < 4.78 is 11.2. The first-order chi connectivity index (χ1) is 16.4. The van der Waals surface area contributed by atoms with Gasteiger partial charge < -0.3 is 9.47 Å². The topological polar surface area (TPSA) is 59.1 Å². The summed E-state index contributed by atoms with van der Waals surface area (Å²) in [7, 11) is 1.54. The van der Waals surface area contributed by atoms with Crippen LogP contribution in [0.4, 0.5) is 11.4 Å². The fourth-order valence-electron chi connectivity index (χ4n) is 3.63. The number of carbonyl (C=O) groups is 2. The molecule has 6 nitrogen and oxygen atoms in total. The Morgan fingerprint density at radius 3 is 1.79 bits per heavy atom. The highest BCUT2D eigenvalue weighted by molar-refractivity contribution is 7.81. The van der Waals surface area contributed by atoms with Gasteiger partial charge in [0.25, 0.3) is 11.8 Å². The fraction of sp³-hybridized carbons (Fsp3) is 0.148.